The molecule has 0 spiro atoms. The molecule has 2 aliphatic rings. The minimum absolute atomic E-state index is 0.512. The molecule has 1 N–H and O–H groups in total. The first kappa shape index (κ1) is 16.5. The lowest BCUT2D eigenvalue weighted by Gasteiger charge is -2.24. The number of β-amino-alcohol motifs (C(OH)–C–C–N with tert-alkyl or cyclic N) is 1. The van der Waals surface area contributed by atoms with E-state index >= 15 is 0 Å². The van der Waals surface area contributed by atoms with Crippen LogP contribution in [0.25, 0.3) is 0 Å². The molecule has 2 aromatic rings. The number of anilines is 1. The molecule has 24 heavy (non-hydrogen) atoms. The van der Waals surface area contributed by atoms with E-state index in [1.54, 1.807) is 0 Å². The molecule has 6 heteroatoms. The van der Waals surface area contributed by atoms with Crippen LogP contribution in [0, 0.1) is 0 Å². The average molecular weight is 425 g/mol. The number of hydrogen-bond donors (Lipinski definition) is 1. The van der Waals surface area contributed by atoms with Crippen LogP contribution in [0.2, 0.25) is 5.02 Å². The van der Waals surface area contributed by atoms with Crippen LogP contribution in [0.15, 0.2) is 53.0 Å². The number of halogens is 2. The van der Waals surface area contributed by atoms with Crippen LogP contribution in [-0.2, 0) is 5.72 Å². The zero-order valence-electron chi connectivity index (χ0n) is 13.0. The van der Waals surface area contributed by atoms with Gasteiger partial charge in [0.05, 0.1) is 6.54 Å². The SMILES string of the molecule is O[C@@]1(c2ccc(Cl)cc2)CN(c2ccc(Br)cc2)C2=[N+]1CCCS2. The zero-order chi connectivity index (χ0) is 16.7. The molecule has 3 nitrogen and oxygen atoms in total. The fraction of sp³-hybridized carbons (Fsp3) is 0.278. The highest BCUT2D eigenvalue weighted by atomic mass is 79.9. The first-order chi connectivity index (χ1) is 11.6. The van der Waals surface area contributed by atoms with Gasteiger partial charge in [0.25, 0.3) is 5.72 Å². The molecule has 0 saturated carbocycles. The Kier molecular flexibility index (Phi) is 4.37. The summed E-state index contributed by atoms with van der Waals surface area (Å²) >= 11 is 11.3. The summed E-state index contributed by atoms with van der Waals surface area (Å²) in [7, 11) is 0. The van der Waals surface area contributed by atoms with Crippen LogP contribution in [-0.4, -0.2) is 33.7 Å². The first-order valence-electron chi connectivity index (χ1n) is 7.87. The van der Waals surface area contributed by atoms with Crippen molar-refractivity contribution in [1.82, 2.24) is 0 Å². The van der Waals surface area contributed by atoms with Crippen molar-refractivity contribution >= 4 is 50.1 Å². The molecule has 4 rings (SSSR count). The molecule has 2 aliphatic heterocycles. The number of aliphatic hydroxyl groups is 1. The third-order valence-corrected chi connectivity index (χ3v) is 6.46. The minimum Gasteiger partial charge on any atom is -0.346 e. The molecule has 0 radical (unpaired) electrons. The van der Waals surface area contributed by atoms with Crippen molar-refractivity contribution in [1.29, 1.82) is 0 Å². The molecule has 0 bridgehead atoms. The molecular formula is C18H17BrClN2OS+. The maximum absolute atomic E-state index is 11.5. The van der Waals surface area contributed by atoms with Crippen molar-refractivity contribution in [3.63, 3.8) is 0 Å². The number of benzene rings is 2. The highest BCUT2D eigenvalue weighted by Crippen LogP contribution is 2.38. The van der Waals surface area contributed by atoms with E-state index < -0.39 is 5.72 Å². The van der Waals surface area contributed by atoms with Gasteiger partial charge < -0.3 is 5.11 Å². The van der Waals surface area contributed by atoms with Gasteiger partial charge in [0, 0.05) is 20.8 Å². The predicted octanol–water partition coefficient (Wildman–Crippen LogP) is 4.27. The van der Waals surface area contributed by atoms with E-state index in [4.69, 9.17) is 11.6 Å². The van der Waals surface area contributed by atoms with Crippen molar-refractivity contribution in [3.05, 3.63) is 63.6 Å². The summed E-state index contributed by atoms with van der Waals surface area (Å²) in [6.07, 6.45) is 1.07. The van der Waals surface area contributed by atoms with Crippen LogP contribution in [0.3, 0.4) is 0 Å². The maximum Gasteiger partial charge on any atom is 0.316 e. The summed E-state index contributed by atoms with van der Waals surface area (Å²) < 4.78 is 3.18. The standard InChI is InChI=1S/C18H17BrClN2OS/c19-14-4-8-16(9-5-14)21-12-18(23,13-2-6-15(20)7-3-13)22-10-1-11-24-17(21)22/h2-9,23H,1,10-12H2/q+1/t18-/m1/s1. The molecule has 0 unspecified atom stereocenters. The van der Waals surface area contributed by atoms with Gasteiger partial charge in [-0.3, -0.25) is 0 Å². The highest BCUT2D eigenvalue weighted by Gasteiger charge is 2.53. The van der Waals surface area contributed by atoms with E-state index in [-0.39, 0.29) is 0 Å². The Morgan fingerprint density at radius 1 is 1.12 bits per heavy atom. The van der Waals surface area contributed by atoms with Crippen molar-refractivity contribution in [2.75, 3.05) is 23.7 Å². The van der Waals surface area contributed by atoms with Crippen LogP contribution in [0.1, 0.15) is 12.0 Å². The van der Waals surface area contributed by atoms with Gasteiger partial charge >= 0.3 is 5.17 Å². The second-order valence-corrected chi connectivity index (χ2v) is 8.44. The number of amidine groups is 1. The first-order valence-corrected chi connectivity index (χ1v) is 10.0. The normalized spacial score (nSPS) is 23.5. The Morgan fingerprint density at radius 3 is 2.54 bits per heavy atom. The zero-order valence-corrected chi connectivity index (χ0v) is 16.1. The van der Waals surface area contributed by atoms with Crippen LogP contribution in [0.4, 0.5) is 5.69 Å². The molecule has 2 aromatic carbocycles. The minimum atomic E-state index is -1.03. The lowest BCUT2D eigenvalue weighted by molar-refractivity contribution is -0.656. The maximum atomic E-state index is 11.5. The Bertz CT molecular complexity index is 794. The van der Waals surface area contributed by atoms with E-state index in [1.165, 1.54) is 0 Å². The summed E-state index contributed by atoms with van der Waals surface area (Å²) in [6.45, 7) is 1.37. The number of rotatable bonds is 2. The quantitative estimate of drug-likeness (QED) is 0.729. The molecule has 124 valence electrons. The summed E-state index contributed by atoms with van der Waals surface area (Å²) in [5.74, 6) is 1.08. The van der Waals surface area contributed by atoms with Gasteiger partial charge in [-0.25, -0.2) is 9.48 Å². The van der Waals surface area contributed by atoms with Crippen molar-refractivity contribution < 1.29 is 9.68 Å². The van der Waals surface area contributed by atoms with Gasteiger partial charge in [-0.1, -0.05) is 39.7 Å². The monoisotopic (exact) mass is 423 g/mol. The summed E-state index contributed by atoms with van der Waals surface area (Å²) in [5.41, 5.74) is 0.949. The lowest BCUT2D eigenvalue weighted by Crippen LogP contribution is -2.41. The van der Waals surface area contributed by atoms with Crippen molar-refractivity contribution in [3.8, 4) is 0 Å². The van der Waals surface area contributed by atoms with E-state index in [1.807, 2.05) is 48.2 Å². The molecule has 0 aliphatic carbocycles. The molecule has 0 aromatic heterocycles. The Labute approximate surface area is 159 Å². The summed E-state index contributed by atoms with van der Waals surface area (Å²) in [4.78, 5) is 2.21. The van der Waals surface area contributed by atoms with Gasteiger partial charge in [0.15, 0.2) is 6.54 Å². The fourth-order valence-corrected chi connectivity index (χ4v) is 4.86. The second-order valence-electron chi connectivity index (χ2n) is 6.02. The van der Waals surface area contributed by atoms with Gasteiger partial charge in [-0.2, -0.15) is 0 Å². The summed E-state index contributed by atoms with van der Waals surface area (Å²) in [6, 6.07) is 15.8. The topological polar surface area (TPSA) is 26.5 Å². The van der Waals surface area contributed by atoms with Crippen molar-refractivity contribution in [2.24, 2.45) is 0 Å². The molecule has 2 heterocycles. The van der Waals surface area contributed by atoms with E-state index in [0.29, 0.717) is 11.6 Å². The number of thioether (sulfide) groups is 1. The van der Waals surface area contributed by atoms with Gasteiger partial charge in [-0.15, -0.1) is 0 Å². The Hall–Kier alpha value is -1.01. The van der Waals surface area contributed by atoms with E-state index in [9.17, 15) is 5.11 Å². The molecular weight excluding hydrogens is 408 g/mol. The smallest absolute Gasteiger partial charge is 0.316 e. The van der Waals surface area contributed by atoms with Crippen molar-refractivity contribution in [2.45, 2.75) is 12.1 Å². The van der Waals surface area contributed by atoms with Crippen LogP contribution < -0.4 is 4.90 Å². The molecule has 0 saturated heterocycles. The Balaban J connectivity index is 1.78. The lowest BCUT2D eigenvalue weighted by atomic mass is 10.0. The fourth-order valence-electron chi connectivity index (χ4n) is 3.29. The van der Waals surface area contributed by atoms with Gasteiger partial charge in [0.2, 0.25) is 0 Å². The van der Waals surface area contributed by atoms with E-state index in [2.05, 4.69) is 37.5 Å². The largest absolute Gasteiger partial charge is 0.346 e. The van der Waals surface area contributed by atoms with Crippen LogP contribution in [0.5, 0.6) is 0 Å². The second kappa shape index (κ2) is 6.37. The number of hydrogen-bond acceptors (Lipinski definition) is 3. The van der Waals surface area contributed by atoms with Gasteiger partial charge in [-0.05, 0) is 54.6 Å². The highest BCUT2D eigenvalue weighted by molar-refractivity contribution is 9.10. The summed E-state index contributed by atoms with van der Waals surface area (Å²) in [5, 5.41) is 13.3. The van der Waals surface area contributed by atoms with E-state index in [0.717, 1.165) is 39.6 Å². The predicted molar refractivity (Wildman–Crippen MR) is 104 cm³/mol. The third kappa shape index (κ3) is 2.77. The third-order valence-electron chi connectivity index (χ3n) is 4.49. The average Bonchev–Trinajstić information content (AvgIpc) is 2.91. The number of nitrogens with zero attached hydrogens (tertiary/aromatic N) is 2. The molecule has 0 amide bonds. The Morgan fingerprint density at radius 2 is 1.83 bits per heavy atom. The molecule has 1 atom stereocenters. The molecule has 0 fully saturated rings. The van der Waals surface area contributed by atoms with Crippen LogP contribution >= 0.6 is 39.3 Å². The van der Waals surface area contributed by atoms with Gasteiger partial charge in [0.1, 0.15) is 5.69 Å².